The molecule has 0 atom stereocenters. The first-order chi connectivity index (χ1) is 9.83. The molecule has 0 aliphatic carbocycles. The lowest BCUT2D eigenvalue weighted by Gasteiger charge is -2.19. The van der Waals surface area contributed by atoms with E-state index in [1.54, 1.807) is 0 Å². The quantitative estimate of drug-likeness (QED) is 0.896. The molecular formula is C15H16N4O. The molecule has 1 aromatic carbocycles. The van der Waals surface area contributed by atoms with Gasteiger partial charge in [0.05, 0.1) is 12.2 Å². The molecule has 20 heavy (non-hydrogen) atoms. The van der Waals surface area contributed by atoms with Crippen molar-refractivity contribution in [2.75, 3.05) is 24.5 Å². The van der Waals surface area contributed by atoms with Crippen molar-refractivity contribution in [3.05, 3.63) is 42.5 Å². The lowest BCUT2D eigenvalue weighted by molar-refractivity contribution is -0.119. The van der Waals surface area contributed by atoms with Crippen molar-refractivity contribution in [3.63, 3.8) is 0 Å². The normalized spacial score (nSPS) is 15.6. The molecule has 102 valence electrons. The summed E-state index contributed by atoms with van der Waals surface area (Å²) in [6, 6.07) is 13.8. The number of amides is 1. The summed E-state index contributed by atoms with van der Waals surface area (Å²) in [4.78, 5) is 13.5. The van der Waals surface area contributed by atoms with Crippen LogP contribution in [0.2, 0.25) is 0 Å². The van der Waals surface area contributed by atoms with Crippen molar-refractivity contribution in [1.29, 1.82) is 0 Å². The number of nitrogens with one attached hydrogen (secondary N) is 1. The van der Waals surface area contributed by atoms with Crippen molar-refractivity contribution >= 4 is 11.7 Å². The summed E-state index contributed by atoms with van der Waals surface area (Å²) in [5, 5.41) is 11.4. The molecule has 5 heteroatoms. The molecule has 0 radical (unpaired) electrons. The third-order valence-corrected chi connectivity index (χ3v) is 3.31. The van der Waals surface area contributed by atoms with E-state index in [9.17, 15) is 4.79 Å². The first-order valence-corrected chi connectivity index (χ1v) is 6.74. The maximum absolute atomic E-state index is 11.6. The van der Waals surface area contributed by atoms with Gasteiger partial charge in [-0.2, -0.15) is 0 Å². The SMILES string of the molecule is O=C1CN(c2ccc(-c3ccccc3)nn2)CCCN1. The van der Waals surface area contributed by atoms with E-state index in [0.717, 1.165) is 36.6 Å². The molecule has 1 saturated heterocycles. The maximum Gasteiger partial charge on any atom is 0.239 e. The molecule has 2 heterocycles. The molecule has 1 aliphatic rings. The number of hydrogen-bond acceptors (Lipinski definition) is 4. The minimum absolute atomic E-state index is 0.0384. The molecule has 3 rings (SSSR count). The van der Waals surface area contributed by atoms with Gasteiger partial charge in [-0.25, -0.2) is 0 Å². The standard InChI is InChI=1S/C15H16N4O/c20-15-11-19(10-4-9-16-15)14-8-7-13(17-18-14)12-5-2-1-3-6-12/h1-3,5-8H,4,9-11H2,(H,16,20). The average Bonchev–Trinajstić information content (AvgIpc) is 2.73. The number of hydrogen-bond donors (Lipinski definition) is 1. The summed E-state index contributed by atoms with van der Waals surface area (Å²) in [6.45, 7) is 1.89. The average molecular weight is 268 g/mol. The molecule has 0 saturated carbocycles. The lowest BCUT2D eigenvalue weighted by atomic mass is 10.1. The van der Waals surface area contributed by atoms with Crippen LogP contribution in [0.15, 0.2) is 42.5 Å². The van der Waals surface area contributed by atoms with Gasteiger partial charge in [-0.3, -0.25) is 4.79 Å². The zero-order valence-corrected chi connectivity index (χ0v) is 11.1. The summed E-state index contributed by atoms with van der Waals surface area (Å²) in [6.07, 6.45) is 0.924. The highest BCUT2D eigenvalue weighted by Gasteiger charge is 2.16. The summed E-state index contributed by atoms with van der Waals surface area (Å²) in [5.41, 5.74) is 1.88. The van der Waals surface area contributed by atoms with Crippen LogP contribution in [0.5, 0.6) is 0 Å². The van der Waals surface area contributed by atoms with Gasteiger partial charge in [-0.05, 0) is 18.6 Å². The summed E-state index contributed by atoms with van der Waals surface area (Å²) >= 11 is 0. The Hall–Kier alpha value is -2.43. The topological polar surface area (TPSA) is 58.1 Å². The highest BCUT2D eigenvalue weighted by Crippen LogP contribution is 2.18. The van der Waals surface area contributed by atoms with Crippen molar-refractivity contribution in [1.82, 2.24) is 15.5 Å². The number of anilines is 1. The number of rotatable bonds is 2. The fraction of sp³-hybridized carbons (Fsp3) is 0.267. The van der Waals surface area contributed by atoms with Crippen LogP contribution in [0.25, 0.3) is 11.3 Å². The van der Waals surface area contributed by atoms with Crippen LogP contribution < -0.4 is 10.2 Å². The minimum Gasteiger partial charge on any atom is -0.354 e. The van der Waals surface area contributed by atoms with Crippen LogP contribution in [-0.2, 0) is 4.79 Å². The Labute approximate surface area is 117 Å². The van der Waals surface area contributed by atoms with E-state index in [0.29, 0.717) is 6.54 Å². The summed E-state index contributed by atoms with van der Waals surface area (Å²) in [7, 11) is 0. The van der Waals surface area contributed by atoms with Gasteiger partial charge < -0.3 is 10.2 Å². The maximum atomic E-state index is 11.6. The monoisotopic (exact) mass is 268 g/mol. The molecule has 5 nitrogen and oxygen atoms in total. The second-order valence-corrected chi connectivity index (χ2v) is 4.77. The highest BCUT2D eigenvalue weighted by atomic mass is 16.2. The highest BCUT2D eigenvalue weighted by molar-refractivity contribution is 5.81. The summed E-state index contributed by atoms with van der Waals surface area (Å²) in [5.74, 6) is 0.790. The molecular weight excluding hydrogens is 252 g/mol. The Morgan fingerprint density at radius 3 is 2.65 bits per heavy atom. The molecule has 0 spiro atoms. The van der Waals surface area contributed by atoms with Gasteiger partial charge in [0.1, 0.15) is 0 Å². The van der Waals surface area contributed by atoms with Gasteiger partial charge in [-0.15, -0.1) is 10.2 Å². The van der Waals surface area contributed by atoms with E-state index in [2.05, 4.69) is 15.5 Å². The predicted molar refractivity (Wildman–Crippen MR) is 77.3 cm³/mol. The first kappa shape index (κ1) is 12.6. The molecule has 2 aromatic rings. The van der Waals surface area contributed by atoms with Gasteiger partial charge in [-0.1, -0.05) is 30.3 Å². The van der Waals surface area contributed by atoms with Gasteiger partial charge in [0, 0.05) is 18.7 Å². The fourth-order valence-corrected chi connectivity index (χ4v) is 2.26. The largest absolute Gasteiger partial charge is 0.354 e. The fourth-order valence-electron chi connectivity index (χ4n) is 2.26. The second-order valence-electron chi connectivity index (χ2n) is 4.77. The first-order valence-electron chi connectivity index (χ1n) is 6.74. The van der Waals surface area contributed by atoms with E-state index >= 15 is 0 Å². The Balaban J connectivity index is 1.80. The Morgan fingerprint density at radius 1 is 1.05 bits per heavy atom. The Bertz CT molecular complexity index is 583. The van der Waals surface area contributed by atoms with Gasteiger partial charge in [0.25, 0.3) is 0 Å². The van der Waals surface area contributed by atoms with Crippen LogP contribution in [0.3, 0.4) is 0 Å². The third kappa shape index (κ3) is 2.77. The number of nitrogens with zero attached hydrogens (tertiary/aromatic N) is 3. The molecule has 1 aliphatic heterocycles. The van der Waals surface area contributed by atoms with E-state index in [4.69, 9.17) is 0 Å². The van der Waals surface area contributed by atoms with E-state index < -0.39 is 0 Å². The smallest absolute Gasteiger partial charge is 0.239 e. The Morgan fingerprint density at radius 2 is 1.90 bits per heavy atom. The van der Waals surface area contributed by atoms with Crippen LogP contribution in [0.1, 0.15) is 6.42 Å². The second kappa shape index (κ2) is 5.69. The zero-order chi connectivity index (χ0) is 13.8. The van der Waals surface area contributed by atoms with Crippen molar-refractivity contribution in [3.8, 4) is 11.3 Å². The Kier molecular flexibility index (Phi) is 3.58. The van der Waals surface area contributed by atoms with Crippen LogP contribution >= 0.6 is 0 Å². The molecule has 1 amide bonds. The molecule has 1 aromatic heterocycles. The molecule has 0 unspecified atom stereocenters. The van der Waals surface area contributed by atoms with Crippen LogP contribution in [0.4, 0.5) is 5.82 Å². The predicted octanol–water partition coefficient (Wildman–Crippen LogP) is 1.47. The minimum atomic E-state index is 0.0384. The zero-order valence-electron chi connectivity index (χ0n) is 11.1. The van der Waals surface area contributed by atoms with E-state index in [-0.39, 0.29) is 5.91 Å². The van der Waals surface area contributed by atoms with Crippen LogP contribution in [-0.4, -0.2) is 35.7 Å². The molecule has 1 N–H and O–H groups in total. The number of aromatic nitrogens is 2. The van der Waals surface area contributed by atoms with Gasteiger partial charge in [0.2, 0.25) is 5.91 Å². The summed E-state index contributed by atoms with van der Waals surface area (Å²) < 4.78 is 0. The molecule has 0 bridgehead atoms. The van der Waals surface area contributed by atoms with E-state index in [1.807, 2.05) is 47.4 Å². The number of carbonyl (C=O) groups excluding carboxylic acids is 1. The van der Waals surface area contributed by atoms with Gasteiger partial charge in [0.15, 0.2) is 5.82 Å². The van der Waals surface area contributed by atoms with Crippen LogP contribution in [0, 0.1) is 0 Å². The lowest BCUT2D eigenvalue weighted by Crippen LogP contribution is -2.33. The third-order valence-electron chi connectivity index (χ3n) is 3.31. The number of benzene rings is 1. The van der Waals surface area contributed by atoms with Crippen molar-refractivity contribution in [2.45, 2.75) is 6.42 Å². The molecule has 1 fully saturated rings. The van der Waals surface area contributed by atoms with Crippen molar-refractivity contribution in [2.24, 2.45) is 0 Å². The van der Waals surface area contributed by atoms with Crippen molar-refractivity contribution < 1.29 is 4.79 Å². The number of carbonyl (C=O) groups is 1. The van der Waals surface area contributed by atoms with E-state index in [1.165, 1.54) is 0 Å². The van der Waals surface area contributed by atoms with Gasteiger partial charge >= 0.3 is 0 Å².